The first-order valence-corrected chi connectivity index (χ1v) is 22.8. The van der Waals surface area contributed by atoms with Crippen LogP contribution in [-0.2, 0) is 0 Å². The highest BCUT2D eigenvalue weighted by Crippen LogP contribution is 2.45. The lowest BCUT2D eigenvalue weighted by Crippen LogP contribution is -3.07. The van der Waals surface area contributed by atoms with E-state index in [0.29, 0.717) is 11.8 Å². The van der Waals surface area contributed by atoms with Crippen molar-refractivity contribution in [2.75, 3.05) is 8.46 Å². The topological polar surface area (TPSA) is 32.3 Å². The van der Waals surface area contributed by atoms with Gasteiger partial charge in [0.1, 0.15) is 11.6 Å². The fourth-order valence-electron chi connectivity index (χ4n) is 8.95. The Bertz CT molecular complexity index is 2310. The van der Waals surface area contributed by atoms with Gasteiger partial charge in [-0.05, 0) is 66.6 Å². The predicted molar refractivity (Wildman–Crippen MR) is 232 cm³/mol. The second-order valence-electron chi connectivity index (χ2n) is 15.0. The van der Waals surface area contributed by atoms with E-state index in [-0.39, 0.29) is 0 Å². The summed E-state index contributed by atoms with van der Waals surface area (Å²) in [6.45, 7) is 9.06. The van der Waals surface area contributed by atoms with Gasteiger partial charge in [0.15, 0.2) is 0 Å². The summed E-state index contributed by atoms with van der Waals surface area (Å²) in [7, 11) is -6.36. The van der Waals surface area contributed by atoms with Gasteiger partial charge < -0.3 is 8.46 Å². The minimum Gasteiger partial charge on any atom is -0.363 e. The maximum absolute atomic E-state index is 5.52. The SMILES string of the molecule is CC(C)c1cccc2cc(N3[Si](c4ccccc4)(c4ccccc4)N(c4cc5cccc(C(C)C)c5cn4)[Si]3(c3ccccc3)c3ccccc3)ncc12. The highest BCUT2D eigenvalue weighted by molar-refractivity contribution is 7.38. The van der Waals surface area contributed by atoms with Crippen molar-refractivity contribution in [3.63, 3.8) is 0 Å². The molecule has 0 N–H and O–H groups in total. The smallest absolute Gasteiger partial charge is 0.320 e. The third-order valence-electron chi connectivity index (χ3n) is 11.3. The van der Waals surface area contributed by atoms with Gasteiger partial charge in [-0.1, -0.05) is 185 Å². The zero-order chi connectivity index (χ0) is 36.9. The van der Waals surface area contributed by atoms with E-state index in [1.54, 1.807) is 0 Å². The second kappa shape index (κ2) is 13.5. The van der Waals surface area contributed by atoms with Crippen molar-refractivity contribution in [2.45, 2.75) is 39.5 Å². The molecule has 1 saturated heterocycles. The molecular weight excluding hydrogens is 689 g/mol. The molecule has 1 fully saturated rings. The first-order valence-electron chi connectivity index (χ1n) is 19.1. The second-order valence-corrected chi connectivity index (χ2v) is 22.7. The molecule has 0 radical (unpaired) electrons. The molecule has 0 spiro atoms. The van der Waals surface area contributed by atoms with Crippen LogP contribution in [0.1, 0.15) is 50.7 Å². The average Bonchev–Trinajstić information content (AvgIpc) is 3.21. The fourth-order valence-corrected chi connectivity index (χ4v) is 23.9. The van der Waals surface area contributed by atoms with Crippen molar-refractivity contribution in [3.8, 4) is 0 Å². The van der Waals surface area contributed by atoms with Gasteiger partial charge in [-0.2, -0.15) is 0 Å². The largest absolute Gasteiger partial charge is 0.363 e. The van der Waals surface area contributed by atoms with Gasteiger partial charge in [-0.15, -0.1) is 0 Å². The summed E-state index contributed by atoms with van der Waals surface area (Å²) >= 11 is 0. The summed E-state index contributed by atoms with van der Waals surface area (Å²) in [5, 5.41) is 10.0. The van der Waals surface area contributed by atoms with Gasteiger partial charge in [-0.25, -0.2) is 9.97 Å². The Kier molecular flexibility index (Phi) is 8.52. The number of hydrogen-bond donors (Lipinski definition) is 0. The van der Waals surface area contributed by atoms with Crippen LogP contribution in [0, 0.1) is 0 Å². The number of aromatic nitrogens is 2. The molecular formula is C48H44N4Si2. The van der Waals surface area contributed by atoms with Crippen LogP contribution in [0.15, 0.2) is 182 Å². The third kappa shape index (κ3) is 5.08. The average molecular weight is 733 g/mol. The number of pyridine rings is 2. The zero-order valence-corrected chi connectivity index (χ0v) is 33.3. The summed E-state index contributed by atoms with van der Waals surface area (Å²) in [5.74, 6) is 2.78. The Morgan fingerprint density at radius 2 is 0.704 bits per heavy atom. The number of rotatable bonds is 8. The van der Waals surface area contributed by atoms with Crippen molar-refractivity contribution >= 4 is 70.7 Å². The Morgan fingerprint density at radius 1 is 0.389 bits per heavy atom. The Morgan fingerprint density at radius 3 is 1.00 bits per heavy atom. The molecule has 6 aromatic carbocycles. The van der Waals surface area contributed by atoms with Crippen LogP contribution in [0.5, 0.6) is 0 Å². The molecule has 0 amide bonds. The van der Waals surface area contributed by atoms with E-state index >= 15 is 0 Å². The van der Waals surface area contributed by atoms with Crippen LogP contribution in [0.4, 0.5) is 11.6 Å². The van der Waals surface area contributed by atoms with E-state index in [1.807, 2.05) is 0 Å². The van der Waals surface area contributed by atoms with Crippen molar-refractivity contribution in [1.29, 1.82) is 0 Å². The van der Waals surface area contributed by atoms with Crippen LogP contribution in [-0.4, -0.2) is 26.8 Å². The van der Waals surface area contributed by atoms with E-state index in [9.17, 15) is 0 Å². The molecule has 0 bridgehead atoms. The maximum atomic E-state index is 5.52. The van der Waals surface area contributed by atoms with Gasteiger partial charge in [0.2, 0.25) is 0 Å². The molecule has 0 aliphatic carbocycles. The summed E-state index contributed by atoms with van der Waals surface area (Å²) < 4.78 is 5.68. The van der Waals surface area contributed by atoms with E-state index in [2.05, 4.69) is 218 Å². The predicted octanol–water partition coefficient (Wildman–Crippen LogP) is 8.87. The Hall–Kier alpha value is -5.83. The van der Waals surface area contributed by atoms with Crippen molar-refractivity contribution in [2.24, 2.45) is 0 Å². The van der Waals surface area contributed by atoms with Gasteiger partial charge in [0.25, 0.3) is 0 Å². The first kappa shape index (κ1) is 34.0. The molecule has 0 unspecified atom stereocenters. The fraction of sp³-hybridized carbons (Fsp3) is 0.125. The van der Waals surface area contributed by atoms with E-state index < -0.39 is 16.8 Å². The molecule has 8 aromatic rings. The van der Waals surface area contributed by atoms with E-state index in [4.69, 9.17) is 9.97 Å². The lowest BCUT2D eigenvalue weighted by atomic mass is 9.97. The maximum Gasteiger partial charge on any atom is 0.320 e. The number of benzene rings is 6. The summed E-state index contributed by atoms with van der Waals surface area (Å²) in [4.78, 5) is 11.0. The molecule has 3 heterocycles. The van der Waals surface area contributed by atoms with Crippen molar-refractivity contribution < 1.29 is 0 Å². The molecule has 0 saturated carbocycles. The van der Waals surface area contributed by atoms with Crippen LogP contribution >= 0.6 is 0 Å². The van der Waals surface area contributed by atoms with Crippen LogP contribution in [0.2, 0.25) is 0 Å². The zero-order valence-electron chi connectivity index (χ0n) is 31.3. The van der Waals surface area contributed by atoms with Crippen molar-refractivity contribution in [3.05, 3.63) is 193 Å². The minimum atomic E-state index is -3.18. The molecule has 264 valence electrons. The van der Waals surface area contributed by atoms with Gasteiger partial charge in [0, 0.05) is 23.2 Å². The van der Waals surface area contributed by atoms with Crippen LogP contribution in [0.25, 0.3) is 21.5 Å². The third-order valence-corrected chi connectivity index (χ3v) is 23.2. The lowest BCUT2D eigenvalue weighted by Gasteiger charge is -2.71. The number of fused-ring (bicyclic) bond motifs is 2. The summed E-state index contributed by atoms with van der Waals surface area (Å²) in [6, 6.07) is 62.9. The molecule has 9 rings (SSSR count). The van der Waals surface area contributed by atoms with Gasteiger partial charge in [0.05, 0.1) is 0 Å². The number of nitrogens with zero attached hydrogens (tertiary/aromatic N) is 4. The number of anilines is 2. The Balaban J connectivity index is 1.46. The molecule has 2 aromatic heterocycles. The highest BCUT2D eigenvalue weighted by Gasteiger charge is 2.75. The molecule has 54 heavy (non-hydrogen) atoms. The monoisotopic (exact) mass is 732 g/mol. The van der Waals surface area contributed by atoms with Gasteiger partial charge in [-0.3, -0.25) is 0 Å². The highest BCUT2D eigenvalue weighted by atomic mass is 28.5. The molecule has 4 nitrogen and oxygen atoms in total. The number of hydrogen-bond acceptors (Lipinski definition) is 4. The molecule has 6 heteroatoms. The standard InChI is InChI=1S/C48H44N4Si2/c1-35(2)43-29-17-19-37-31-47(49-33-45(37)43)51-53(39-21-9-5-10-22-39,40-23-11-6-12-24-40)52(48-32-38-20-18-30-44(36(3)4)46(38)34-50-48)54(51,41-25-13-7-14-26-41)42-27-15-8-16-28-42/h5-36H,1-4H3. The molecule has 0 atom stereocenters. The summed E-state index contributed by atoms with van der Waals surface area (Å²) in [6.07, 6.45) is 4.27. The van der Waals surface area contributed by atoms with Crippen molar-refractivity contribution in [1.82, 2.24) is 9.97 Å². The lowest BCUT2D eigenvalue weighted by molar-refractivity contribution is 0.876. The normalized spacial score (nSPS) is 14.9. The molecule has 1 aliphatic heterocycles. The molecule has 1 aliphatic rings. The van der Waals surface area contributed by atoms with E-state index in [0.717, 1.165) is 11.6 Å². The van der Waals surface area contributed by atoms with Gasteiger partial charge >= 0.3 is 16.8 Å². The van der Waals surface area contributed by atoms with Crippen LogP contribution in [0.3, 0.4) is 0 Å². The van der Waals surface area contributed by atoms with Crippen LogP contribution < -0.4 is 29.2 Å². The minimum absolute atomic E-state index is 0.389. The first-order chi connectivity index (χ1) is 26.5. The Labute approximate surface area is 320 Å². The van der Waals surface area contributed by atoms with E-state index in [1.165, 1.54) is 53.4 Å². The quantitative estimate of drug-likeness (QED) is 0.146. The summed E-state index contributed by atoms with van der Waals surface area (Å²) in [5.41, 5.74) is 2.64.